The third-order valence-electron chi connectivity index (χ3n) is 3.69. The molecule has 1 aromatic heterocycles. The quantitative estimate of drug-likeness (QED) is 0.361. The lowest BCUT2D eigenvalue weighted by Gasteiger charge is -2.05. The maximum atomic E-state index is 13.8. The van der Waals surface area contributed by atoms with Crippen LogP contribution < -0.4 is 10.9 Å². The number of amides is 2. The summed E-state index contributed by atoms with van der Waals surface area (Å²) in [6.07, 6.45) is 2.55. The molecule has 0 aliphatic carbocycles. The van der Waals surface area contributed by atoms with Gasteiger partial charge < -0.3 is 4.42 Å². The van der Waals surface area contributed by atoms with E-state index in [-0.39, 0.29) is 5.75 Å². The Morgan fingerprint density at radius 3 is 2.41 bits per heavy atom. The third kappa shape index (κ3) is 5.79. The van der Waals surface area contributed by atoms with Crippen molar-refractivity contribution in [1.29, 1.82) is 0 Å². The lowest BCUT2D eigenvalue weighted by atomic mass is 10.1. The molecule has 3 rings (SSSR count). The van der Waals surface area contributed by atoms with Gasteiger partial charge in [-0.05, 0) is 42.5 Å². The van der Waals surface area contributed by atoms with Gasteiger partial charge in [0.05, 0.1) is 11.3 Å². The molecule has 2 N–H and O–H groups in total. The van der Waals surface area contributed by atoms with Gasteiger partial charge in [-0.1, -0.05) is 24.3 Å². The number of thioether (sulfide) groups is 1. The van der Waals surface area contributed by atoms with Crippen molar-refractivity contribution < 1.29 is 22.8 Å². The van der Waals surface area contributed by atoms with Gasteiger partial charge in [0.15, 0.2) is 0 Å². The summed E-state index contributed by atoms with van der Waals surface area (Å²) >= 11 is 1.02. The number of nitrogens with one attached hydrogen (secondary N) is 2. The fraction of sp³-hybridized carbons (Fsp3) is 0.0476. The molecule has 0 atom stereocenters. The Morgan fingerprint density at radius 2 is 1.66 bits per heavy atom. The van der Waals surface area contributed by atoms with E-state index in [0.29, 0.717) is 22.0 Å². The first-order valence-electron chi connectivity index (χ1n) is 8.52. The number of hydrogen-bond donors (Lipinski definition) is 2. The van der Waals surface area contributed by atoms with Crippen molar-refractivity contribution in [3.8, 4) is 11.3 Å². The van der Waals surface area contributed by atoms with Crippen molar-refractivity contribution in [2.24, 2.45) is 0 Å². The summed E-state index contributed by atoms with van der Waals surface area (Å²) in [7, 11) is 0. The predicted octanol–water partition coefficient (Wildman–Crippen LogP) is 4.18. The van der Waals surface area contributed by atoms with Crippen LogP contribution in [-0.2, 0) is 9.59 Å². The van der Waals surface area contributed by atoms with Crippen molar-refractivity contribution in [2.45, 2.75) is 4.90 Å². The summed E-state index contributed by atoms with van der Waals surface area (Å²) in [6.45, 7) is 0. The SMILES string of the molecule is O=C(/C=C/c1ccc(-c2ccccc2F)o1)NNC(=O)CSc1ccccc1F. The summed E-state index contributed by atoms with van der Waals surface area (Å²) in [5.74, 6) is -1.27. The van der Waals surface area contributed by atoms with E-state index in [1.165, 1.54) is 18.2 Å². The third-order valence-corrected chi connectivity index (χ3v) is 4.73. The lowest BCUT2D eigenvalue weighted by molar-refractivity contribution is -0.125. The Labute approximate surface area is 169 Å². The number of halogens is 2. The van der Waals surface area contributed by atoms with Crippen LogP contribution in [0.4, 0.5) is 8.78 Å². The Kier molecular flexibility index (Phi) is 6.80. The molecule has 148 valence electrons. The molecule has 0 spiro atoms. The van der Waals surface area contributed by atoms with E-state index in [2.05, 4.69) is 10.9 Å². The number of carbonyl (C=O) groups is 2. The van der Waals surface area contributed by atoms with Crippen LogP contribution in [0.25, 0.3) is 17.4 Å². The summed E-state index contributed by atoms with van der Waals surface area (Å²) in [4.78, 5) is 23.9. The Bertz CT molecular complexity index is 1050. The molecule has 2 aromatic carbocycles. The summed E-state index contributed by atoms with van der Waals surface area (Å²) in [5.41, 5.74) is 4.77. The van der Waals surface area contributed by atoms with Crippen LogP contribution in [0.2, 0.25) is 0 Å². The van der Waals surface area contributed by atoms with Gasteiger partial charge in [-0.3, -0.25) is 20.4 Å². The lowest BCUT2D eigenvalue weighted by Crippen LogP contribution is -2.41. The Hall–Kier alpha value is -3.39. The maximum Gasteiger partial charge on any atom is 0.262 e. The van der Waals surface area contributed by atoms with Crippen LogP contribution in [0.1, 0.15) is 5.76 Å². The number of benzene rings is 2. The van der Waals surface area contributed by atoms with Crippen LogP contribution >= 0.6 is 11.8 Å². The molecule has 0 saturated heterocycles. The molecular weight excluding hydrogens is 398 g/mol. The molecular formula is C21H16F2N2O3S. The first-order valence-corrected chi connectivity index (χ1v) is 9.50. The minimum absolute atomic E-state index is 0.0604. The van der Waals surface area contributed by atoms with Crippen LogP contribution in [0.5, 0.6) is 0 Å². The first-order chi connectivity index (χ1) is 14.0. The van der Waals surface area contributed by atoms with Crippen LogP contribution in [-0.4, -0.2) is 17.6 Å². The normalized spacial score (nSPS) is 10.8. The molecule has 0 radical (unpaired) electrons. The summed E-state index contributed by atoms with van der Waals surface area (Å²) in [5, 5.41) is 0. The van der Waals surface area contributed by atoms with Crippen LogP contribution in [0, 0.1) is 11.6 Å². The summed E-state index contributed by atoms with van der Waals surface area (Å²) in [6, 6.07) is 15.5. The van der Waals surface area contributed by atoms with Crippen LogP contribution in [0.15, 0.2) is 76.1 Å². The number of rotatable bonds is 6. The van der Waals surface area contributed by atoms with Gasteiger partial charge in [0.1, 0.15) is 23.2 Å². The van der Waals surface area contributed by atoms with E-state index < -0.39 is 23.4 Å². The maximum absolute atomic E-state index is 13.8. The fourth-order valence-electron chi connectivity index (χ4n) is 2.32. The number of hydrazine groups is 1. The van der Waals surface area contributed by atoms with Gasteiger partial charge >= 0.3 is 0 Å². The number of carbonyl (C=O) groups excluding carboxylic acids is 2. The standard InChI is InChI=1S/C21H16F2N2O3S/c22-16-6-2-1-5-15(16)18-11-9-14(28-18)10-12-20(26)24-25-21(27)13-29-19-8-4-3-7-17(19)23/h1-12H,13H2,(H,24,26)(H,25,27)/b12-10+. The smallest absolute Gasteiger partial charge is 0.262 e. The highest BCUT2D eigenvalue weighted by atomic mass is 32.2. The number of furan rings is 1. The van der Waals surface area contributed by atoms with E-state index in [0.717, 1.165) is 17.8 Å². The second-order valence-electron chi connectivity index (χ2n) is 5.77. The molecule has 1 heterocycles. The van der Waals surface area contributed by atoms with E-state index >= 15 is 0 Å². The topological polar surface area (TPSA) is 71.3 Å². The van der Waals surface area contributed by atoms with Gasteiger partial charge in [0.2, 0.25) is 5.91 Å². The minimum Gasteiger partial charge on any atom is -0.457 e. The summed E-state index contributed by atoms with van der Waals surface area (Å²) < 4.78 is 32.7. The second-order valence-corrected chi connectivity index (χ2v) is 6.79. The van der Waals surface area contributed by atoms with Crippen molar-refractivity contribution in [3.63, 3.8) is 0 Å². The monoisotopic (exact) mass is 414 g/mol. The van der Waals surface area contributed by atoms with Crippen molar-refractivity contribution >= 4 is 29.7 Å². The molecule has 2 amide bonds. The van der Waals surface area contributed by atoms with Gasteiger partial charge in [-0.25, -0.2) is 8.78 Å². The van der Waals surface area contributed by atoms with Crippen molar-refractivity contribution in [1.82, 2.24) is 10.9 Å². The molecule has 0 saturated carbocycles. The largest absolute Gasteiger partial charge is 0.457 e. The van der Waals surface area contributed by atoms with E-state index in [1.807, 2.05) is 0 Å². The highest BCUT2D eigenvalue weighted by Gasteiger charge is 2.09. The van der Waals surface area contributed by atoms with Gasteiger partial charge in [0, 0.05) is 11.0 Å². The molecule has 5 nitrogen and oxygen atoms in total. The zero-order valence-corrected chi connectivity index (χ0v) is 15.8. The molecule has 3 aromatic rings. The van der Waals surface area contributed by atoms with Crippen molar-refractivity contribution in [2.75, 3.05) is 5.75 Å². The molecule has 0 aliphatic heterocycles. The van der Waals surface area contributed by atoms with Gasteiger partial charge in [0.25, 0.3) is 5.91 Å². The second kappa shape index (κ2) is 9.70. The zero-order valence-electron chi connectivity index (χ0n) is 15.0. The first kappa shape index (κ1) is 20.3. The fourth-order valence-corrected chi connectivity index (χ4v) is 3.06. The van der Waals surface area contributed by atoms with Gasteiger partial charge in [-0.15, -0.1) is 11.8 Å². The predicted molar refractivity (Wildman–Crippen MR) is 107 cm³/mol. The van der Waals surface area contributed by atoms with Gasteiger partial charge in [-0.2, -0.15) is 0 Å². The molecule has 0 unspecified atom stereocenters. The number of hydrogen-bond acceptors (Lipinski definition) is 4. The average Bonchev–Trinajstić information content (AvgIpc) is 3.19. The van der Waals surface area contributed by atoms with E-state index in [4.69, 9.17) is 4.42 Å². The van der Waals surface area contributed by atoms with Crippen LogP contribution in [0.3, 0.4) is 0 Å². The van der Waals surface area contributed by atoms with E-state index in [9.17, 15) is 18.4 Å². The zero-order chi connectivity index (χ0) is 20.6. The molecule has 0 aliphatic rings. The molecule has 0 bridgehead atoms. The minimum atomic E-state index is -0.585. The molecule has 0 fully saturated rings. The molecule has 8 heteroatoms. The highest BCUT2D eigenvalue weighted by molar-refractivity contribution is 8.00. The Balaban J connectivity index is 1.47. The highest BCUT2D eigenvalue weighted by Crippen LogP contribution is 2.25. The van der Waals surface area contributed by atoms with Crippen molar-refractivity contribution in [3.05, 3.63) is 84.1 Å². The average molecular weight is 414 g/mol. The molecule has 29 heavy (non-hydrogen) atoms. The Morgan fingerprint density at radius 1 is 0.931 bits per heavy atom. The van der Waals surface area contributed by atoms with E-state index in [1.54, 1.807) is 48.5 Å².